The second-order valence-electron chi connectivity index (χ2n) is 10.3. The van der Waals surface area contributed by atoms with Crippen molar-refractivity contribution in [3.8, 4) is 0 Å². The average Bonchev–Trinajstić information content (AvgIpc) is 3.31. The van der Waals surface area contributed by atoms with Crippen molar-refractivity contribution >= 4 is 23.2 Å². The van der Waals surface area contributed by atoms with Crippen LogP contribution in [-0.4, -0.2) is 80.3 Å². The second kappa shape index (κ2) is 10.5. The molecule has 0 atom stereocenters. The smallest absolute Gasteiger partial charge is 0.255 e. The Bertz CT molecular complexity index is 1190. The Hall–Kier alpha value is -3.71. The first-order valence-corrected chi connectivity index (χ1v) is 12.4. The predicted molar refractivity (Wildman–Crippen MR) is 144 cm³/mol. The number of rotatable bonds is 7. The van der Waals surface area contributed by atoms with E-state index in [2.05, 4.69) is 30.9 Å². The minimum absolute atomic E-state index is 0.00966. The maximum absolute atomic E-state index is 13.0. The van der Waals surface area contributed by atoms with Gasteiger partial charge in [0.15, 0.2) is 0 Å². The highest BCUT2D eigenvalue weighted by Crippen LogP contribution is 2.25. The maximum atomic E-state index is 13.0. The van der Waals surface area contributed by atoms with E-state index in [4.69, 9.17) is 5.41 Å². The van der Waals surface area contributed by atoms with Crippen LogP contribution in [-0.2, 0) is 11.2 Å². The summed E-state index contributed by atoms with van der Waals surface area (Å²) in [6, 6.07) is 17.3. The van der Waals surface area contributed by atoms with Crippen LogP contribution in [0.4, 0.5) is 5.69 Å². The standard InChI is InChI=1S/C29H35N5O2/c1-21(30)26-19-33(28(35)18-23-8-6-5-7-9-23)20-27(26)22(2)31-29(36)24-10-12-25(13-11-24)32-14-16-34(3,4)17-15-32/h5-13,30H,2,14-20H2,1,3-4H3/p+1. The van der Waals surface area contributed by atoms with Crippen LogP contribution in [0, 0.1) is 5.41 Å². The van der Waals surface area contributed by atoms with E-state index < -0.39 is 0 Å². The number of amides is 2. The van der Waals surface area contributed by atoms with E-state index in [1.165, 1.54) is 0 Å². The molecule has 0 radical (unpaired) electrons. The number of carbonyl (C=O) groups excluding carboxylic acids is 2. The Kier molecular flexibility index (Phi) is 7.40. The lowest BCUT2D eigenvalue weighted by atomic mass is 10.0. The zero-order valence-corrected chi connectivity index (χ0v) is 21.5. The summed E-state index contributed by atoms with van der Waals surface area (Å²) < 4.78 is 1.03. The molecule has 0 saturated carbocycles. The molecular weight excluding hydrogens is 450 g/mol. The number of quaternary nitrogens is 1. The van der Waals surface area contributed by atoms with Crippen LogP contribution in [0.15, 0.2) is 78.0 Å². The van der Waals surface area contributed by atoms with Crippen molar-refractivity contribution in [2.45, 2.75) is 13.3 Å². The minimum Gasteiger partial charge on any atom is -0.360 e. The molecule has 4 rings (SSSR count). The Morgan fingerprint density at radius 1 is 0.972 bits per heavy atom. The number of hydrogen-bond acceptors (Lipinski definition) is 4. The van der Waals surface area contributed by atoms with Gasteiger partial charge in [0.1, 0.15) is 0 Å². The molecule has 7 nitrogen and oxygen atoms in total. The van der Waals surface area contributed by atoms with Crippen LogP contribution in [0.1, 0.15) is 22.8 Å². The molecule has 36 heavy (non-hydrogen) atoms. The fourth-order valence-electron chi connectivity index (χ4n) is 4.68. The summed E-state index contributed by atoms with van der Waals surface area (Å²) in [6.45, 7) is 10.6. The molecule has 0 unspecified atom stereocenters. The third-order valence-electron chi connectivity index (χ3n) is 7.14. The molecule has 0 spiro atoms. The van der Waals surface area contributed by atoms with Gasteiger partial charge in [0, 0.05) is 41.3 Å². The molecule has 2 amide bonds. The third-order valence-corrected chi connectivity index (χ3v) is 7.14. The highest BCUT2D eigenvalue weighted by Gasteiger charge is 2.29. The quantitative estimate of drug-likeness (QED) is 0.466. The van der Waals surface area contributed by atoms with Crippen LogP contribution in [0.3, 0.4) is 0 Å². The lowest BCUT2D eigenvalue weighted by molar-refractivity contribution is -0.890. The molecule has 2 aromatic carbocycles. The van der Waals surface area contributed by atoms with Gasteiger partial charge in [-0.1, -0.05) is 36.9 Å². The van der Waals surface area contributed by atoms with Gasteiger partial charge in [-0.05, 0) is 42.3 Å². The summed E-state index contributed by atoms with van der Waals surface area (Å²) >= 11 is 0. The fraction of sp³-hybridized carbons (Fsp3) is 0.345. The number of hydrogen-bond donors (Lipinski definition) is 2. The van der Waals surface area contributed by atoms with Gasteiger partial charge < -0.3 is 25.0 Å². The molecule has 2 aromatic rings. The number of carbonyl (C=O) groups is 2. The van der Waals surface area contributed by atoms with Gasteiger partial charge in [-0.25, -0.2) is 0 Å². The van der Waals surface area contributed by atoms with Crippen LogP contribution in [0.5, 0.6) is 0 Å². The van der Waals surface area contributed by atoms with Gasteiger partial charge in [0.25, 0.3) is 5.91 Å². The van der Waals surface area contributed by atoms with Crippen LogP contribution < -0.4 is 10.2 Å². The van der Waals surface area contributed by atoms with Gasteiger partial charge in [-0.3, -0.25) is 9.59 Å². The first kappa shape index (κ1) is 25.4. The molecule has 2 aliphatic heterocycles. The van der Waals surface area contributed by atoms with Gasteiger partial charge in [0.05, 0.1) is 46.7 Å². The SMILES string of the molecule is C=C(NC(=O)c1ccc(N2CC[N+](C)(C)CC2)cc1)C1=C(C(C)=N)CN(C(=O)Cc2ccccc2)C1. The topological polar surface area (TPSA) is 76.5 Å². The van der Waals surface area contributed by atoms with E-state index >= 15 is 0 Å². The molecule has 1 fully saturated rings. The fourth-order valence-corrected chi connectivity index (χ4v) is 4.68. The van der Waals surface area contributed by atoms with Crippen molar-refractivity contribution in [2.75, 3.05) is 58.3 Å². The molecule has 2 heterocycles. The van der Waals surface area contributed by atoms with Crippen LogP contribution in [0.2, 0.25) is 0 Å². The number of anilines is 1. The molecule has 188 valence electrons. The van der Waals surface area contributed by atoms with E-state index in [1.54, 1.807) is 11.8 Å². The molecule has 0 aromatic heterocycles. The van der Waals surface area contributed by atoms with Crippen LogP contribution in [0.25, 0.3) is 0 Å². The first-order chi connectivity index (χ1) is 17.1. The Morgan fingerprint density at radius 2 is 1.58 bits per heavy atom. The van der Waals surface area contributed by atoms with E-state index in [1.807, 2.05) is 54.6 Å². The van der Waals surface area contributed by atoms with Crippen molar-refractivity contribution in [3.05, 3.63) is 89.1 Å². The highest BCUT2D eigenvalue weighted by atomic mass is 16.2. The Balaban J connectivity index is 1.38. The lowest BCUT2D eigenvalue weighted by Crippen LogP contribution is -2.54. The van der Waals surface area contributed by atoms with E-state index in [9.17, 15) is 9.59 Å². The summed E-state index contributed by atoms with van der Waals surface area (Å²) in [4.78, 5) is 29.9. The molecule has 2 N–H and O–H groups in total. The lowest BCUT2D eigenvalue weighted by Gasteiger charge is -2.40. The average molecular weight is 487 g/mol. The molecule has 2 aliphatic rings. The zero-order chi connectivity index (χ0) is 25.9. The maximum Gasteiger partial charge on any atom is 0.255 e. The number of nitrogens with one attached hydrogen (secondary N) is 2. The van der Waals surface area contributed by atoms with Gasteiger partial charge in [0.2, 0.25) is 5.91 Å². The normalized spacial score (nSPS) is 17.2. The predicted octanol–water partition coefficient (Wildman–Crippen LogP) is 3.25. The third kappa shape index (κ3) is 5.91. The highest BCUT2D eigenvalue weighted by molar-refractivity contribution is 6.00. The summed E-state index contributed by atoms with van der Waals surface area (Å²) in [5.41, 5.74) is 4.92. The molecule has 0 aliphatic carbocycles. The van der Waals surface area contributed by atoms with Gasteiger partial charge in [-0.2, -0.15) is 0 Å². The van der Waals surface area contributed by atoms with E-state index in [0.29, 0.717) is 36.5 Å². The molecule has 1 saturated heterocycles. The number of benzene rings is 2. The first-order valence-electron chi connectivity index (χ1n) is 12.4. The minimum atomic E-state index is -0.244. The van der Waals surface area contributed by atoms with Crippen molar-refractivity contribution in [1.82, 2.24) is 10.2 Å². The summed E-state index contributed by atoms with van der Waals surface area (Å²) in [5, 5.41) is 11.1. The van der Waals surface area contributed by atoms with Gasteiger partial charge >= 0.3 is 0 Å². The molecule has 7 heteroatoms. The van der Waals surface area contributed by atoms with Crippen molar-refractivity contribution < 1.29 is 14.1 Å². The number of nitrogens with zero attached hydrogens (tertiary/aromatic N) is 3. The summed E-state index contributed by atoms with van der Waals surface area (Å²) in [5.74, 6) is -0.254. The zero-order valence-electron chi connectivity index (χ0n) is 21.5. The Morgan fingerprint density at radius 3 is 2.19 bits per heavy atom. The molecule has 0 bridgehead atoms. The van der Waals surface area contributed by atoms with Crippen molar-refractivity contribution in [3.63, 3.8) is 0 Å². The van der Waals surface area contributed by atoms with E-state index in [-0.39, 0.29) is 11.8 Å². The Labute approximate surface area is 213 Å². The van der Waals surface area contributed by atoms with Crippen LogP contribution >= 0.6 is 0 Å². The van der Waals surface area contributed by atoms with Crippen molar-refractivity contribution in [2.24, 2.45) is 0 Å². The monoisotopic (exact) mass is 486 g/mol. The molecular formula is C29H36N5O2+. The largest absolute Gasteiger partial charge is 0.360 e. The summed E-state index contributed by atoms with van der Waals surface area (Å²) in [7, 11) is 4.50. The number of piperazine rings is 1. The van der Waals surface area contributed by atoms with Gasteiger partial charge in [-0.15, -0.1) is 0 Å². The summed E-state index contributed by atoms with van der Waals surface area (Å²) in [6.07, 6.45) is 0.303. The van der Waals surface area contributed by atoms with E-state index in [0.717, 1.165) is 53.1 Å². The van der Waals surface area contributed by atoms with Crippen molar-refractivity contribution in [1.29, 1.82) is 5.41 Å². The number of likely N-dealkylation sites (N-methyl/N-ethyl adjacent to an activating group) is 1. The second-order valence-corrected chi connectivity index (χ2v) is 10.3.